The van der Waals surface area contributed by atoms with Gasteiger partial charge in [-0.1, -0.05) is 11.6 Å². The number of aromatic nitrogens is 2. The molecular weight excluding hydrogens is 340 g/mol. The first kappa shape index (κ1) is 14.1. The minimum Gasteiger partial charge on any atom is -0.335 e. The molecule has 0 fully saturated rings. The maximum atomic E-state index is 13.7. The molecule has 3 nitrogen and oxygen atoms in total. The molecule has 0 radical (unpaired) electrons. The molecule has 2 rings (SSSR count). The lowest BCUT2D eigenvalue weighted by Crippen LogP contribution is -2.02. The molecule has 2 aromatic rings. The lowest BCUT2D eigenvalue weighted by Gasteiger charge is -2.10. The van der Waals surface area contributed by atoms with E-state index in [4.69, 9.17) is 11.6 Å². The topological polar surface area (TPSA) is 37.8 Å². The molecule has 1 heterocycles. The molecule has 1 aromatic heterocycles. The molecule has 0 aliphatic carbocycles. The second-order valence-electron chi connectivity index (χ2n) is 3.91. The Morgan fingerprint density at radius 3 is 2.42 bits per heavy atom. The zero-order valence-electron chi connectivity index (χ0n) is 10.1. The van der Waals surface area contributed by atoms with Gasteiger partial charge in [0.05, 0.1) is 21.5 Å². The predicted molar refractivity (Wildman–Crippen MR) is 73.9 cm³/mol. The minimum absolute atomic E-state index is 0.0489. The summed E-state index contributed by atoms with van der Waals surface area (Å²) < 4.78 is 27.1. The van der Waals surface area contributed by atoms with Crippen molar-refractivity contribution in [1.29, 1.82) is 0 Å². The number of anilines is 2. The minimum atomic E-state index is -0.621. The van der Waals surface area contributed by atoms with Crippen LogP contribution in [0.1, 0.15) is 11.4 Å². The predicted octanol–water partition coefficient (Wildman–Crippen LogP) is 4.53. The third kappa shape index (κ3) is 3.01. The second-order valence-corrected chi connectivity index (χ2v) is 5.12. The molecule has 0 aliphatic rings. The first-order valence-electron chi connectivity index (χ1n) is 5.31. The van der Waals surface area contributed by atoms with Crippen LogP contribution in [-0.2, 0) is 0 Å². The van der Waals surface area contributed by atoms with E-state index < -0.39 is 11.6 Å². The average molecular weight is 349 g/mol. The monoisotopic (exact) mass is 347 g/mol. The number of nitrogens with zero attached hydrogens (tertiary/aromatic N) is 2. The van der Waals surface area contributed by atoms with Crippen molar-refractivity contribution in [2.45, 2.75) is 13.8 Å². The molecule has 100 valence electrons. The molecular formula is C12H9BrClF2N3. The van der Waals surface area contributed by atoms with Crippen LogP contribution in [0.3, 0.4) is 0 Å². The Hall–Kier alpha value is -1.27. The van der Waals surface area contributed by atoms with E-state index in [1.807, 2.05) is 0 Å². The Bertz CT molecular complexity index is 594. The summed E-state index contributed by atoms with van der Waals surface area (Å²) in [5.74, 6) is -1.02. The lowest BCUT2D eigenvalue weighted by molar-refractivity contribution is 0.597. The van der Waals surface area contributed by atoms with Gasteiger partial charge in [0.2, 0.25) is 0 Å². The van der Waals surface area contributed by atoms with Crippen LogP contribution in [-0.4, -0.2) is 9.97 Å². The second kappa shape index (κ2) is 5.38. The first-order chi connectivity index (χ1) is 8.88. The molecule has 0 spiro atoms. The first-order valence-corrected chi connectivity index (χ1v) is 6.48. The van der Waals surface area contributed by atoms with Gasteiger partial charge in [-0.2, -0.15) is 0 Å². The van der Waals surface area contributed by atoms with Crippen LogP contribution in [0.2, 0.25) is 5.15 Å². The number of rotatable bonds is 2. The molecule has 0 amide bonds. The fraction of sp³-hybridized carbons (Fsp3) is 0.167. The van der Waals surface area contributed by atoms with Gasteiger partial charge < -0.3 is 5.32 Å². The summed E-state index contributed by atoms with van der Waals surface area (Å²) in [6, 6.07) is 2.05. The third-order valence-electron chi connectivity index (χ3n) is 2.53. The van der Waals surface area contributed by atoms with Gasteiger partial charge in [0, 0.05) is 6.07 Å². The molecule has 0 atom stereocenters. The van der Waals surface area contributed by atoms with E-state index in [-0.39, 0.29) is 21.1 Å². The number of benzene rings is 1. The Balaban J connectivity index is 2.42. The molecule has 0 saturated carbocycles. The van der Waals surface area contributed by atoms with Gasteiger partial charge in [-0.05, 0) is 35.8 Å². The van der Waals surface area contributed by atoms with Crippen molar-refractivity contribution < 1.29 is 8.78 Å². The highest BCUT2D eigenvalue weighted by Crippen LogP contribution is 2.28. The highest BCUT2D eigenvalue weighted by Gasteiger charge is 2.12. The molecule has 0 unspecified atom stereocenters. The summed E-state index contributed by atoms with van der Waals surface area (Å²) in [4.78, 5) is 8.21. The molecule has 0 bridgehead atoms. The van der Waals surface area contributed by atoms with Gasteiger partial charge in [0.1, 0.15) is 11.6 Å². The molecule has 0 aliphatic heterocycles. The van der Waals surface area contributed by atoms with E-state index in [0.717, 1.165) is 12.1 Å². The summed E-state index contributed by atoms with van der Waals surface area (Å²) in [6.45, 7) is 3.51. The number of nitrogens with one attached hydrogen (secondary N) is 1. The summed E-state index contributed by atoms with van der Waals surface area (Å²) in [6.07, 6.45) is 0. The molecule has 1 aromatic carbocycles. The van der Waals surface area contributed by atoms with E-state index in [0.29, 0.717) is 11.4 Å². The normalized spacial score (nSPS) is 10.6. The molecule has 19 heavy (non-hydrogen) atoms. The van der Waals surface area contributed by atoms with Crippen LogP contribution in [0, 0.1) is 25.5 Å². The summed E-state index contributed by atoms with van der Waals surface area (Å²) >= 11 is 8.82. The largest absolute Gasteiger partial charge is 0.335 e. The summed E-state index contributed by atoms with van der Waals surface area (Å²) in [5.41, 5.74) is 1.28. The van der Waals surface area contributed by atoms with Crippen molar-refractivity contribution in [3.63, 3.8) is 0 Å². The zero-order chi connectivity index (χ0) is 14.2. The van der Waals surface area contributed by atoms with Gasteiger partial charge in [-0.15, -0.1) is 0 Å². The lowest BCUT2D eigenvalue weighted by atomic mass is 10.3. The number of hydrogen-bond acceptors (Lipinski definition) is 3. The SMILES string of the molecule is Cc1nc(Cl)c(Nc2cc(F)c(Br)cc2F)nc1C. The van der Waals surface area contributed by atoms with Gasteiger partial charge >= 0.3 is 0 Å². The van der Waals surface area contributed by atoms with Crippen molar-refractivity contribution in [2.24, 2.45) is 0 Å². The van der Waals surface area contributed by atoms with Gasteiger partial charge in [-0.25, -0.2) is 18.7 Å². The Morgan fingerprint density at radius 2 is 1.74 bits per heavy atom. The fourth-order valence-corrected chi connectivity index (χ4v) is 1.93. The van der Waals surface area contributed by atoms with E-state index in [9.17, 15) is 8.78 Å². The van der Waals surface area contributed by atoms with Crippen LogP contribution >= 0.6 is 27.5 Å². The van der Waals surface area contributed by atoms with Crippen LogP contribution in [0.15, 0.2) is 16.6 Å². The number of hydrogen-bond donors (Lipinski definition) is 1. The molecule has 7 heteroatoms. The van der Waals surface area contributed by atoms with Crippen molar-refractivity contribution in [1.82, 2.24) is 9.97 Å². The van der Waals surface area contributed by atoms with E-state index >= 15 is 0 Å². The summed E-state index contributed by atoms with van der Waals surface area (Å²) in [7, 11) is 0. The zero-order valence-corrected chi connectivity index (χ0v) is 12.4. The van der Waals surface area contributed by atoms with E-state index in [2.05, 4.69) is 31.2 Å². The maximum Gasteiger partial charge on any atom is 0.172 e. The van der Waals surface area contributed by atoms with Crippen molar-refractivity contribution in [2.75, 3.05) is 5.32 Å². The number of aryl methyl sites for hydroxylation is 2. The summed E-state index contributed by atoms with van der Waals surface area (Å²) in [5, 5.41) is 2.74. The fourth-order valence-electron chi connectivity index (χ4n) is 1.40. The van der Waals surface area contributed by atoms with Crippen LogP contribution in [0.5, 0.6) is 0 Å². The Kier molecular flexibility index (Phi) is 4.01. The van der Waals surface area contributed by atoms with Gasteiger partial charge in [0.25, 0.3) is 0 Å². The standard InChI is InChI=1S/C12H9BrClF2N3/c1-5-6(2)18-12(11(14)17-5)19-10-4-8(15)7(13)3-9(10)16/h3-4H,1-2H3,(H,18,19). The third-order valence-corrected chi connectivity index (χ3v) is 3.40. The Labute approximate surface area is 122 Å². The van der Waals surface area contributed by atoms with Gasteiger partial charge in [-0.3, -0.25) is 0 Å². The van der Waals surface area contributed by atoms with E-state index in [1.165, 1.54) is 0 Å². The van der Waals surface area contributed by atoms with Crippen molar-refractivity contribution >= 4 is 39.0 Å². The molecule has 0 saturated heterocycles. The Morgan fingerprint density at radius 1 is 1.11 bits per heavy atom. The average Bonchev–Trinajstić information content (AvgIpc) is 2.32. The van der Waals surface area contributed by atoms with Gasteiger partial charge in [0.15, 0.2) is 11.0 Å². The van der Waals surface area contributed by atoms with Crippen LogP contribution in [0.25, 0.3) is 0 Å². The smallest absolute Gasteiger partial charge is 0.172 e. The highest BCUT2D eigenvalue weighted by molar-refractivity contribution is 9.10. The molecule has 1 N–H and O–H groups in total. The van der Waals surface area contributed by atoms with Crippen LogP contribution < -0.4 is 5.32 Å². The number of halogens is 4. The van der Waals surface area contributed by atoms with Crippen LogP contribution in [0.4, 0.5) is 20.3 Å². The highest BCUT2D eigenvalue weighted by atomic mass is 79.9. The van der Waals surface area contributed by atoms with Crippen molar-refractivity contribution in [3.05, 3.63) is 44.8 Å². The van der Waals surface area contributed by atoms with Crippen molar-refractivity contribution in [3.8, 4) is 0 Å². The maximum absolute atomic E-state index is 13.7. The quantitative estimate of drug-likeness (QED) is 0.810. The van der Waals surface area contributed by atoms with E-state index in [1.54, 1.807) is 13.8 Å².